The van der Waals surface area contributed by atoms with Crippen LogP contribution in [0.25, 0.3) is 0 Å². The van der Waals surface area contributed by atoms with Gasteiger partial charge in [0.15, 0.2) is 0 Å². The van der Waals surface area contributed by atoms with Gasteiger partial charge in [-0.05, 0) is 20.3 Å². The molecule has 0 saturated carbocycles. The Hall–Kier alpha value is -0.480. The first-order valence-electron chi connectivity index (χ1n) is 3.38. The Kier molecular flexibility index (Phi) is 1.50. The van der Waals surface area contributed by atoms with Gasteiger partial charge in [-0.3, -0.25) is 0 Å². The average molecular weight is 123 g/mol. The molecule has 1 aliphatic carbocycles. The van der Waals surface area contributed by atoms with Crippen LogP contribution in [0.2, 0.25) is 0 Å². The lowest BCUT2D eigenvalue weighted by Gasteiger charge is -2.27. The Labute approximate surface area is 56.6 Å². The summed E-state index contributed by atoms with van der Waals surface area (Å²) in [7, 11) is 0. The number of hydrogen-bond acceptors (Lipinski definition) is 1. The highest BCUT2D eigenvalue weighted by atomic mass is 14.7. The second kappa shape index (κ2) is 2.04. The standard InChI is InChI=1S/C8H13N/c1-8(2)6-4-3-5-7(8)9/h7H,3,5,9H2,1-2H3/t7-/m1/s1. The van der Waals surface area contributed by atoms with Crippen molar-refractivity contribution in [2.45, 2.75) is 32.7 Å². The molecular formula is C8H13N. The van der Waals surface area contributed by atoms with Crippen LogP contribution >= 0.6 is 0 Å². The van der Waals surface area contributed by atoms with E-state index in [0.29, 0.717) is 0 Å². The van der Waals surface area contributed by atoms with Crippen LogP contribution in [0.15, 0.2) is 0 Å². The van der Waals surface area contributed by atoms with Gasteiger partial charge in [0.25, 0.3) is 0 Å². The Morgan fingerprint density at radius 1 is 1.56 bits per heavy atom. The Morgan fingerprint density at radius 3 is 2.56 bits per heavy atom. The molecule has 50 valence electrons. The minimum atomic E-state index is 0.0538. The molecule has 0 radical (unpaired) electrons. The zero-order valence-corrected chi connectivity index (χ0v) is 6.07. The molecule has 9 heavy (non-hydrogen) atoms. The highest BCUT2D eigenvalue weighted by Gasteiger charge is 2.25. The quantitative estimate of drug-likeness (QED) is 0.480. The molecule has 1 atom stereocenters. The molecule has 0 aromatic heterocycles. The first-order chi connectivity index (χ1) is 4.13. The van der Waals surface area contributed by atoms with Gasteiger partial charge in [-0.1, -0.05) is 5.92 Å². The van der Waals surface area contributed by atoms with Crippen molar-refractivity contribution in [2.24, 2.45) is 11.1 Å². The lowest BCUT2D eigenvalue weighted by atomic mass is 9.80. The highest BCUT2D eigenvalue weighted by molar-refractivity contribution is 5.16. The summed E-state index contributed by atoms with van der Waals surface area (Å²) >= 11 is 0. The largest absolute Gasteiger partial charge is 0.326 e. The summed E-state index contributed by atoms with van der Waals surface area (Å²) in [5.74, 6) is 6.21. The third kappa shape index (κ3) is 1.25. The van der Waals surface area contributed by atoms with Crippen molar-refractivity contribution in [3.8, 4) is 11.8 Å². The van der Waals surface area contributed by atoms with E-state index in [2.05, 4.69) is 25.7 Å². The number of nitrogens with two attached hydrogens (primary N) is 1. The molecule has 0 amide bonds. The lowest BCUT2D eigenvalue weighted by Crippen LogP contribution is -2.37. The van der Waals surface area contributed by atoms with E-state index in [1.807, 2.05) is 0 Å². The van der Waals surface area contributed by atoms with E-state index < -0.39 is 0 Å². The number of rotatable bonds is 0. The van der Waals surface area contributed by atoms with Crippen LogP contribution in [0.4, 0.5) is 0 Å². The summed E-state index contributed by atoms with van der Waals surface area (Å²) < 4.78 is 0. The molecular weight excluding hydrogens is 110 g/mol. The average Bonchev–Trinajstić information content (AvgIpc) is 1.77. The molecule has 2 N–H and O–H groups in total. The molecule has 0 bridgehead atoms. The predicted molar refractivity (Wildman–Crippen MR) is 38.8 cm³/mol. The fraction of sp³-hybridized carbons (Fsp3) is 0.750. The zero-order valence-electron chi connectivity index (χ0n) is 6.07. The second-order valence-electron chi connectivity index (χ2n) is 3.17. The van der Waals surface area contributed by atoms with Gasteiger partial charge >= 0.3 is 0 Å². The van der Waals surface area contributed by atoms with Gasteiger partial charge in [-0.25, -0.2) is 0 Å². The molecule has 0 spiro atoms. The Bertz CT molecular complexity index is 159. The fourth-order valence-electron chi connectivity index (χ4n) is 0.972. The third-order valence-electron chi connectivity index (χ3n) is 1.92. The van der Waals surface area contributed by atoms with Crippen LogP contribution in [0.1, 0.15) is 26.7 Å². The molecule has 0 aromatic carbocycles. The van der Waals surface area contributed by atoms with Crippen molar-refractivity contribution in [1.29, 1.82) is 0 Å². The fourth-order valence-corrected chi connectivity index (χ4v) is 0.972. The van der Waals surface area contributed by atoms with Crippen molar-refractivity contribution >= 4 is 0 Å². The monoisotopic (exact) mass is 123 g/mol. The van der Waals surface area contributed by atoms with Crippen LogP contribution in [0, 0.1) is 17.3 Å². The summed E-state index contributed by atoms with van der Waals surface area (Å²) in [5, 5.41) is 0. The van der Waals surface area contributed by atoms with Gasteiger partial charge in [0.05, 0.1) is 0 Å². The van der Waals surface area contributed by atoms with E-state index in [9.17, 15) is 0 Å². The van der Waals surface area contributed by atoms with Crippen LogP contribution in [-0.2, 0) is 0 Å². The van der Waals surface area contributed by atoms with Gasteiger partial charge in [-0.15, -0.1) is 5.92 Å². The maximum atomic E-state index is 5.81. The van der Waals surface area contributed by atoms with Gasteiger partial charge < -0.3 is 5.73 Å². The Balaban J connectivity index is 2.76. The molecule has 1 rings (SSSR count). The van der Waals surface area contributed by atoms with Gasteiger partial charge in [0.1, 0.15) is 0 Å². The molecule has 1 nitrogen and oxygen atoms in total. The molecule has 0 saturated heterocycles. The van der Waals surface area contributed by atoms with Crippen molar-refractivity contribution in [2.75, 3.05) is 0 Å². The zero-order chi connectivity index (χ0) is 6.91. The molecule has 0 aromatic rings. The minimum absolute atomic E-state index is 0.0538. The predicted octanol–water partition coefficient (Wildman–Crippen LogP) is 1.14. The molecule has 0 aliphatic heterocycles. The summed E-state index contributed by atoms with van der Waals surface area (Å²) in [4.78, 5) is 0. The van der Waals surface area contributed by atoms with Crippen molar-refractivity contribution in [3.63, 3.8) is 0 Å². The number of hydrogen-bond donors (Lipinski definition) is 1. The normalized spacial score (nSPS) is 30.8. The van der Waals surface area contributed by atoms with Crippen LogP contribution in [0.5, 0.6) is 0 Å². The van der Waals surface area contributed by atoms with Crippen LogP contribution < -0.4 is 5.73 Å². The van der Waals surface area contributed by atoms with Gasteiger partial charge in [-0.2, -0.15) is 0 Å². The molecule has 0 fully saturated rings. The topological polar surface area (TPSA) is 26.0 Å². The first-order valence-corrected chi connectivity index (χ1v) is 3.38. The molecule has 1 heteroatoms. The summed E-state index contributed by atoms with van der Waals surface area (Å²) in [5.41, 5.74) is 5.86. The van der Waals surface area contributed by atoms with E-state index in [0.717, 1.165) is 12.8 Å². The summed E-state index contributed by atoms with van der Waals surface area (Å²) in [6.45, 7) is 4.20. The SMILES string of the molecule is CC1(C)C#CCC[C@H]1N. The van der Waals surface area contributed by atoms with Gasteiger partial charge in [0.2, 0.25) is 0 Å². The van der Waals surface area contributed by atoms with E-state index >= 15 is 0 Å². The van der Waals surface area contributed by atoms with Crippen LogP contribution in [0.3, 0.4) is 0 Å². The smallest absolute Gasteiger partial charge is 0.0409 e. The second-order valence-corrected chi connectivity index (χ2v) is 3.17. The maximum absolute atomic E-state index is 5.81. The lowest BCUT2D eigenvalue weighted by molar-refractivity contribution is 0.362. The van der Waals surface area contributed by atoms with Gasteiger partial charge in [0, 0.05) is 17.9 Å². The highest BCUT2D eigenvalue weighted by Crippen LogP contribution is 2.23. The van der Waals surface area contributed by atoms with E-state index in [-0.39, 0.29) is 11.5 Å². The summed E-state index contributed by atoms with van der Waals surface area (Å²) in [6.07, 6.45) is 2.03. The van der Waals surface area contributed by atoms with Crippen molar-refractivity contribution in [3.05, 3.63) is 0 Å². The first kappa shape index (κ1) is 6.64. The van der Waals surface area contributed by atoms with E-state index in [1.165, 1.54) is 0 Å². The molecule has 0 unspecified atom stereocenters. The van der Waals surface area contributed by atoms with Crippen molar-refractivity contribution < 1.29 is 0 Å². The van der Waals surface area contributed by atoms with Crippen molar-refractivity contribution in [1.82, 2.24) is 0 Å². The van der Waals surface area contributed by atoms with E-state index in [1.54, 1.807) is 0 Å². The molecule has 1 aliphatic rings. The van der Waals surface area contributed by atoms with Crippen LogP contribution in [-0.4, -0.2) is 6.04 Å². The van der Waals surface area contributed by atoms with E-state index in [4.69, 9.17) is 5.73 Å². The third-order valence-corrected chi connectivity index (χ3v) is 1.92. The summed E-state index contributed by atoms with van der Waals surface area (Å²) in [6, 6.07) is 0.277. The Morgan fingerprint density at radius 2 is 2.22 bits per heavy atom. The molecule has 0 heterocycles. The maximum Gasteiger partial charge on any atom is 0.0409 e. The minimum Gasteiger partial charge on any atom is -0.326 e.